The summed E-state index contributed by atoms with van der Waals surface area (Å²) in [7, 11) is 0. The van der Waals surface area contributed by atoms with Crippen LogP contribution >= 0.6 is 22.9 Å². The van der Waals surface area contributed by atoms with Crippen LogP contribution in [0.25, 0.3) is 21.3 Å². The van der Waals surface area contributed by atoms with Crippen molar-refractivity contribution >= 4 is 44.7 Å². The molecule has 0 fully saturated rings. The van der Waals surface area contributed by atoms with E-state index in [0.29, 0.717) is 29.0 Å². The quantitative estimate of drug-likeness (QED) is 0.358. The van der Waals surface area contributed by atoms with Crippen molar-refractivity contribution in [2.45, 2.75) is 20.8 Å². The van der Waals surface area contributed by atoms with Crippen LogP contribution in [0.1, 0.15) is 17.6 Å². The Bertz CT molecular complexity index is 1190. The van der Waals surface area contributed by atoms with Gasteiger partial charge in [0.05, 0.1) is 17.7 Å². The van der Waals surface area contributed by atoms with E-state index in [0.717, 1.165) is 32.0 Å². The van der Waals surface area contributed by atoms with E-state index in [1.165, 1.54) is 0 Å². The number of benzene rings is 2. The first-order valence-electron chi connectivity index (χ1n) is 9.22. The van der Waals surface area contributed by atoms with Crippen molar-refractivity contribution in [3.05, 3.63) is 58.2 Å². The summed E-state index contributed by atoms with van der Waals surface area (Å²) in [6.45, 7) is 6.53. The largest absolute Gasteiger partial charge is 0.506 e. The number of aryl methyl sites for hydroxylation is 2. The molecule has 0 spiro atoms. The van der Waals surface area contributed by atoms with E-state index >= 15 is 0 Å². The Morgan fingerprint density at radius 3 is 2.59 bits per heavy atom. The van der Waals surface area contributed by atoms with Crippen molar-refractivity contribution in [3.63, 3.8) is 0 Å². The van der Waals surface area contributed by atoms with Crippen molar-refractivity contribution in [2.75, 3.05) is 11.9 Å². The minimum Gasteiger partial charge on any atom is -0.506 e. The van der Waals surface area contributed by atoms with Gasteiger partial charge >= 0.3 is 0 Å². The zero-order chi connectivity index (χ0) is 20.5. The third-order valence-corrected chi connectivity index (χ3v) is 5.74. The Morgan fingerprint density at radius 1 is 1.10 bits per heavy atom. The number of aromatic hydroxyl groups is 1. The number of hydrogen-bond acceptors (Lipinski definition) is 6. The standard InChI is InChI=1S/C22H20ClN3O2S/c1-4-28-16-8-5-14(6-9-16)19-12(2)29-22-20(19)21(24-13(3)25-22)26-17-11-15(23)7-10-18(17)27/h5-11,27H,4H2,1-3H3,(H,24,25,26). The number of phenolic OH excluding ortho intramolecular Hbond substituents is 1. The third-order valence-electron chi connectivity index (χ3n) is 4.51. The lowest BCUT2D eigenvalue weighted by atomic mass is 10.0. The van der Waals surface area contributed by atoms with E-state index in [4.69, 9.17) is 16.3 Å². The number of fused-ring (bicyclic) bond motifs is 1. The molecule has 2 heterocycles. The molecule has 2 aromatic carbocycles. The number of aromatic nitrogens is 2. The lowest BCUT2D eigenvalue weighted by Gasteiger charge is -2.12. The van der Waals surface area contributed by atoms with Crippen LogP contribution in [0.2, 0.25) is 5.02 Å². The Morgan fingerprint density at radius 2 is 1.86 bits per heavy atom. The maximum atomic E-state index is 10.2. The molecule has 5 nitrogen and oxygen atoms in total. The summed E-state index contributed by atoms with van der Waals surface area (Å²) in [4.78, 5) is 11.3. The van der Waals surface area contributed by atoms with Gasteiger partial charge in [-0.25, -0.2) is 9.97 Å². The average molecular weight is 426 g/mol. The van der Waals surface area contributed by atoms with Gasteiger partial charge in [0.1, 0.15) is 28.0 Å². The van der Waals surface area contributed by atoms with Crippen molar-refractivity contribution in [3.8, 4) is 22.6 Å². The number of anilines is 2. The normalized spacial score (nSPS) is 11.0. The number of rotatable bonds is 5. The zero-order valence-electron chi connectivity index (χ0n) is 16.3. The molecular weight excluding hydrogens is 406 g/mol. The summed E-state index contributed by atoms with van der Waals surface area (Å²) in [5, 5.41) is 14.9. The first-order valence-corrected chi connectivity index (χ1v) is 10.4. The van der Waals surface area contributed by atoms with Gasteiger partial charge in [-0.15, -0.1) is 11.3 Å². The summed E-state index contributed by atoms with van der Waals surface area (Å²) in [6, 6.07) is 12.9. The van der Waals surface area contributed by atoms with E-state index in [1.54, 1.807) is 29.5 Å². The van der Waals surface area contributed by atoms with Gasteiger partial charge in [0.25, 0.3) is 0 Å². The molecule has 7 heteroatoms. The first-order chi connectivity index (χ1) is 14.0. The van der Waals surface area contributed by atoms with Gasteiger partial charge in [-0.3, -0.25) is 0 Å². The van der Waals surface area contributed by atoms with E-state index in [9.17, 15) is 5.11 Å². The fourth-order valence-electron chi connectivity index (χ4n) is 3.28. The summed E-state index contributed by atoms with van der Waals surface area (Å²) in [5.41, 5.74) is 2.62. The van der Waals surface area contributed by atoms with E-state index in [-0.39, 0.29) is 5.75 Å². The molecule has 0 aliphatic heterocycles. The molecule has 0 aliphatic carbocycles. The Kier molecular flexibility index (Phi) is 5.30. The number of hydrogen-bond donors (Lipinski definition) is 2. The van der Waals surface area contributed by atoms with Crippen LogP contribution in [0, 0.1) is 13.8 Å². The highest BCUT2D eigenvalue weighted by Gasteiger charge is 2.19. The summed E-state index contributed by atoms with van der Waals surface area (Å²) < 4.78 is 5.56. The molecule has 29 heavy (non-hydrogen) atoms. The highest BCUT2D eigenvalue weighted by molar-refractivity contribution is 7.19. The molecule has 0 radical (unpaired) electrons. The Balaban J connectivity index is 1.88. The lowest BCUT2D eigenvalue weighted by Crippen LogP contribution is -1.99. The lowest BCUT2D eigenvalue weighted by molar-refractivity contribution is 0.340. The van der Waals surface area contributed by atoms with Crippen molar-refractivity contribution in [1.82, 2.24) is 9.97 Å². The highest BCUT2D eigenvalue weighted by atomic mass is 35.5. The molecule has 0 saturated heterocycles. The summed E-state index contributed by atoms with van der Waals surface area (Å²) in [6.07, 6.45) is 0. The molecule has 0 saturated carbocycles. The van der Waals surface area contributed by atoms with E-state index in [1.807, 2.05) is 38.1 Å². The van der Waals surface area contributed by atoms with Crippen LogP contribution in [0.4, 0.5) is 11.5 Å². The Labute approximate surface area is 178 Å². The van der Waals surface area contributed by atoms with Crippen molar-refractivity contribution in [2.24, 2.45) is 0 Å². The molecule has 2 aromatic heterocycles. The maximum Gasteiger partial charge on any atom is 0.143 e. The Hall–Kier alpha value is -2.83. The van der Waals surface area contributed by atoms with Gasteiger partial charge in [0.2, 0.25) is 0 Å². The first kappa shape index (κ1) is 19.5. The number of nitrogens with zero attached hydrogens (tertiary/aromatic N) is 2. The molecule has 2 N–H and O–H groups in total. The van der Waals surface area contributed by atoms with Crippen molar-refractivity contribution in [1.29, 1.82) is 0 Å². The van der Waals surface area contributed by atoms with Gasteiger partial charge in [-0.1, -0.05) is 23.7 Å². The summed E-state index contributed by atoms with van der Waals surface area (Å²) >= 11 is 7.73. The van der Waals surface area contributed by atoms with Crippen LogP contribution < -0.4 is 10.1 Å². The van der Waals surface area contributed by atoms with Gasteiger partial charge < -0.3 is 15.2 Å². The van der Waals surface area contributed by atoms with Gasteiger partial charge in [-0.2, -0.15) is 0 Å². The molecule has 148 valence electrons. The van der Waals surface area contributed by atoms with Crippen molar-refractivity contribution < 1.29 is 9.84 Å². The number of phenols is 1. The molecular formula is C22H20ClN3O2S. The summed E-state index contributed by atoms with van der Waals surface area (Å²) in [5.74, 6) is 2.23. The van der Waals surface area contributed by atoms with Crippen LogP contribution in [-0.4, -0.2) is 21.7 Å². The molecule has 0 bridgehead atoms. The van der Waals surface area contributed by atoms with Crippen LogP contribution in [0.15, 0.2) is 42.5 Å². The van der Waals surface area contributed by atoms with Crippen LogP contribution in [0.5, 0.6) is 11.5 Å². The molecule has 0 amide bonds. The molecule has 0 aliphatic rings. The SMILES string of the molecule is CCOc1ccc(-c2c(C)sc3nc(C)nc(Nc4cc(Cl)ccc4O)c23)cc1. The van der Waals surface area contributed by atoms with Crippen LogP contribution in [0.3, 0.4) is 0 Å². The minimum absolute atomic E-state index is 0.105. The minimum atomic E-state index is 0.105. The van der Waals surface area contributed by atoms with E-state index < -0.39 is 0 Å². The number of halogens is 1. The van der Waals surface area contributed by atoms with Gasteiger partial charge in [0.15, 0.2) is 0 Å². The fourth-order valence-corrected chi connectivity index (χ4v) is 4.54. The number of thiophene rings is 1. The average Bonchev–Trinajstić information content (AvgIpc) is 3.01. The van der Waals surface area contributed by atoms with Crippen LogP contribution in [-0.2, 0) is 0 Å². The third kappa shape index (κ3) is 3.86. The molecule has 4 aromatic rings. The highest BCUT2D eigenvalue weighted by Crippen LogP contribution is 2.42. The fraction of sp³-hybridized carbons (Fsp3) is 0.182. The second kappa shape index (κ2) is 7.89. The predicted molar refractivity (Wildman–Crippen MR) is 120 cm³/mol. The second-order valence-electron chi connectivity index (χ2n) is 6.58. The van der Waals surface area contributed by atoms with Gasteiger partial charge in [0, 0.05) is 15.5 Å². The van der Waals surface area contributed by atoms with E-state index in [2.05, 4.69) is 22.2 Å². The molecule has 0 atom stereocenters. The smallest absolute Gasteiger partial charge is 0.143 e. The number of ether oxygens (including phenoxy) is 1. The second-order valence-corrected chi connectivity index (χ2v) is 8.22. The predicted octanol–water partition coefficient (Wildman–Crippen LogP) is 6.48. The topological polar surface area (TPSA) is 67.3 Å². The van der Waals surface area contributed by atoms with Gasteiger partial charge in [-0.05, 0) is 56.7 Å². The number of nitrogens with one attached hydrogen (secondary N) is 1. The maximum absolute atomic E-state index is 10.2. The molecule has 4 rings (SSSR count). The zero-order valence-corrected chi connectivity index (χ0v) is 17.9. The molecule has 0 unspecified atom stereocenters. The monoisotopic (exact) mass is 425 g/mol.